The fourth-order valence-corrected chi connectivity index (χ4v) is 2.08. The molecule has 0 saturated carbocycles. The molecule has 1 aromatic heterocycles. The Morgan fingerprint density at radius 2 is 2.31 bits per heavy atom. The molecule has 13 heavy (non-hydrogen) atoms. The smallest absolute Gasteiger partial charge is 0.261 e. The van der Waals surface area contributed by atoms with Gasteiger partial charge in [-0.2, -0.15) is 0 Å². The van der Waals surface area contributed by atoms with Crippen molar-refractivity contribution >= 4 is 33.2 Å². The van der Waals surface area contributed by atoms with Gasteiger partial charge in [-0.1, -0.05) is 15.9 Å². The van der Waals surface area contributed by atoms with Crippen LogP contribution >= 0.6 is 27.3 Å². The second kappa shape index (κ2) is 4.77. The van der Waals surface area contributed by atoms with Crippen LogP contribution in [-0.2, 0) is 0 Å². The van der Waals surface area contributed by atoms with Gasteiger partial charge in [0.25, 0.3) is 5.91 Å². The molecule has 1 amide bonds. The van der Waals surface area contributed by atoms with E-state index in [9.17, 15) is 4.79 Å². The summed E-state index contributed by atoms with van der Waals surface area (Å²) in [5, 5.41) is 3.61. The number of carbonyl (C=O) groups excluding carboxylic acids is 1. The maximum Gasteiger partial charge on any atom is 0.261 e. The molecule has 4 heteroatoms. The first kappa shape index (κ1) is 10.7. The molecule has 0 aromatic carbocycles. The molecule has 0 spiro atoms. The molecule has 0 fully saturated rings. The van der Waals surface area contributed by atoms with Gasteiger partial charge in [0.1, 0.15) is 0 Å². The predicted molar refractivity (Wildman–Crippen MR) is 59.9 cm³/mol. The summed E-state index contributed by atoms with van der Waals surface area (Å²) in [4.78, 5) is 13.5. The van der Waals surface area contributed by atoms with Crippen molar-refractivity contribution in [1.82, 2.24) is 5.32 Å². The normalized spacial score (nSPS) is 10.1. The topological polar surface area (TPSA) is 29.1 Å². The second-order valence-electron chi connectivity index (χ2n) is 2.79. The molecular formula is C9H12BrNOS. The molecule has 0 aliphatic carbocycles. The average molecular weight is 262 g/mol. The zero-order chi connectivity index (χ0) is 9.84. The lowest BCUT2D eigenvalue weighted by Gasteiger charge is -1.98. The molecule has 1 rings (SSSR count). The first-order valence-electron chi connectivity index (χ1n) is 4.06. The van der Waals surface area contributed by atoms with E-state index in [1.165, 1.54) is 10.4 Å². The summed E-state index contributed by atoms with van der Waals surface area (Å²) < 4.78 is 0. The SMILES string of the molecule is Cc1cc(C(=O)NCCBr)sc1C. The highest BCUT2D eigenvalue weighted by molar-refractivity contribution is 9.09. The third kappa shape index (κ3) is 2.81. The summed E-state index contributed by atoms with van der Waals surface area (Å²) in [6.45, 7) is 4.73. The van der Waals surface area contributed by atoms with Crippen LogP contribution in [0.5, 0.6) is 0 Å². The van der Waals surface area contributed by atoms with Crippen molar-refractivity contribution in [3.05, 3.63) is 21.4 Å². The molecule has 2 nitrogen and oxygen atoms in total. The molecule has 0 saturated heterocycles. The van der Waals surface area contributed by atoms with E-state index in [-0.39, 0.29) is 5.91 Å². The fraction of sp³-hybridized carbons (Fsp3) is 0.444. The van der Waals surface area contributed by atoms with E-state index >= 15 is 0 Å². The lowest BCUT2D eigenvalue weighted by atomic mass is 10.3. The van der Waals surface area contributed by atoms with Crippen molar-refractivity contribution in [3.63, 3.8) is 0 Å². The number of thiophene rings is 1. The quantitative estimate of drug-likeness (QED) is 0.833. The van der Waals surface area contributed by atoms with Gasteiger partial charge < -0.3 is 5.32 Å². The number of nitrogens with one attached hydrogen (secondary N) is 1. The zero-order valence-corrected chi connectivity index (χ0v) is 10.1. The van der Waals surface area contributed by atoms with E-state index in [4.69, 9.17) is 0 Å². The average Bonchev–Trinajstić information content (AvgIpc) is 2.43. The number of aryl methyl sites for hydroxylation is 2. The maximum atomic E-state index is 11.4. The Balaban J connectivity index is 2.66. The van der Waals surface area contributed by atoms with E-state index in [1.807, 2.05) is 19.9 Å². The van der Waals surface area contributed by atoms with Gasteiger partial charge in [0.2, 0.25) is 0 Å². The van der Waals surface area contributed by atoms with Crippen LogP contribution in [0.1, 0.15) is 20.1 Å². The van der Waals surface area contributed by atoms with Crippen molar-refractivity contribution in [2.24, 2.45) is 0 Å². The summed E-state index contributed by atoms with van der Waals surface area (Å²) >= 11 is 4.80. The van der Waals surface area contributed by atoms with Crippen molar-refractivity contribution in [3.8, 4) is 0 Å². The molecule has 1 aromatic rings. The van der Waals surface area contributed by atoms with Crippen LogP contribution in [0.2, 0.25) is 0 Å². The Hall–Kier alpha value is -0.350. The van der Waals surface area contributed by atoms with Gasteiger partial charge in [0.15, 0.2) is 0 Å². The zero-order valence-electron chi connectivity index (χ0n) is 7.69. The Morgan fingerprint density at radius 1 is 1.62 bits per heavy atom. The standard InChI is InChI=1S/C9H12BrNOS/c1-6-5-8(13-7(6)2)9(12)11-4-3-10/h5H,3-4H2,1-2H3,(H,11,12). The number of rotatable bonds is 3. The summed E-state index contributed by atoms with van der Waals surface area (Å²) in [6, 6.07) is 1.93. The molecule has 0 aliphatic heterocycles. The maximum absolute atomic E-state index is 11.4. The first-order valence-corrected chi connectivity index (χ1v) is 6.00. The van der Waals surface area contributed by atoms with Crippen LogP contribution in [0.3, 0.4) is 0 Å². The van der Waals surface area contributed by atoms with Crippen molar-refractivity contribution < 1.29 is 4.79 Å². The van der Waals surface area contributed by atoms with E-state index < -0.39 is 0 Å². The minimum absolute atomic E-state index is 0.0284. The van der Waals surface area contributed by atoms with Crippen LogP contribution in [0, 0.1) is 13.8 Å². The predicted octanol–water partition coefficient (Wildman–Crippen LogP) is 2.49. The molecule has 0 aliphatic rings. The summed E-state index contributed by atoms with van der Waals surface area (Å²) in [6.07, 6.45) is 0. The molecule has 1 heterocycles. The number of alkyl halides is 1. The van der Waals surface area contributed by atoms with Gasteiger partial charge in [-0.25, -0.2) is 0 Å². The molecule has 0 radical (unpaired) electrons. The third-order valence-electron chi connectivity index (χ3n) is 1.77. The first-order chi connectivity index (χ1) is 6.15. The highest BCUT2D eigenvalue weighted by Crippen LogP contribution is 2.20. The van der Waals surface area contributed by atoms with Gasteiger partial charge >= 0.3 is 0 Å². The number of halogens is 1. The van der Waals surface area contributed by atoms with Crippen LogP contribution in [-0.4, -0.2) is 17.8 Å². The van der Waals surface area contributed by atoms with Gasteiger partial charge in [-0.15, -0.1) is 11.3 Å². The highest BCUT2D eigenvalue weighted by atomic mass is 79.9. The molecule has 0 atom stereocenters. The summed E-state index contributed by atoms with van der Waals surface area (Å²) in [5.41, 5.74) is 1.19. The van der Waals surface area contributed by atoms with E-state index in [2.05, 4.69) is 21.2 Å². The highest BCUT2D eigenvalue weighted by Gasteiger charge is 2.08. The number of carbonyl (C=O) groups is 1. The Kier molecular flexibility index (Phi) is 3.93. The lowest BCUT2D eigenvalue weighted by molar-refractivity contribution is 0.0960. The minimum Gasteiger partial charge on any atom is -0.351 e. The van der Waals surface area contributed by atoms with Gasteiger partial charge in [-0.05, 0) is 25.5 Å². The lowest BCUT2D eigenvalue weighted by Crippen LogP contribution is -2.24. The van der Waals surface area contributed by atoms with E-state index in [0.29, 0.717) is 6.54 Å². The molecule has 0 unspecified atom stereocenters. The Morgan fingerprint density at radius 3 is 2.77 bits per heavy atom. The summed E-state index contributed by atoms with van der Waals surface area (Å²) in [7, 11) is 0. The molecule has 0 bridgehead atoms. The monoisotopic (exact) mass is 261 g/mol. The third-order valence-corrected chi connectivity index (χ3v) is 3.32. The molecule has 72 valence electrons. The molecular weight excluding hydrogens is 250 g/mol. The number of amides is 1. The van der Waals surface area contributed by atoms with Crippen molar-refractivity contribution in [2.75, 3.05) is 11.9 Å². The van der Waals surface area contributed by atoms with Crippen LogP contribution in [0.15, 0.2) is 6.07 Å². The second-order valence-corrected chi connectivity index (χ2v) is 4.84. The van der Waals surface area contributed by atoms with Crippen LogP contribution < -0.4 is 5.32 Å². The van der Waals surface area contributed by atoms with Crippen LogP contribution in [0.25, 0.3) is 0 Å². The van der Waals surface area contributed by atoms with Crippen molar-refractivity contribution in [2.45, 2.75) is 13.8 Å². The van der Waals surface area contributed by atoms with E-state index in [1.54, 1.807) is 11.3 Å². The number of hydrogen-bond donors (Lipinski definition) is 1. The molecule has 1 N–H and O–H groups in total. The summed E-state index contributed by atoms with van der Waals surface area (Å²) in [5.74, 6) is 0.0284. The van der Waals surface area contributed by atoms with Gasteiger partial charge in [0, 0.05) is 16.8 Å². The fourth-order valence-electron chi connectivity index (χ4n) is 0.933. The Labute approximate surface area is 90.5 Å². The van der Waals surface area contributed by atoms with Crippen LogP contribution in [0.4, 0.5) is 0 Å². The number of hydrogen-bond acceptors (Lipinski definition) is 2. The van der Waals surface area contributed by atoms with Gasteiger partial charge in [0.05, 0.1) is 4.88 Å². The van der Waals surface area contributed by atoms with Crippen molar-refractivity contribution in [1.29, 1.82) is 0 Å². The largest absolute Gasteiger partial charge is 0.351 e. The van der Waals surface area contributed by atoms with E-state index in [0.717, 1.165) is 10.2 Å². The Bertz CT molecular complexity index is 289. The minimum atomic E-state index is 0.0284. The van der Waals surface area contributed by atoms with Gasteiger partial charge in [-0.3, -0.25) is 4.79 Å².